The molecule has 1 aromatic rings. The van der Waals surface area contributed by atoms with Gasteiger partial charge in [-0.2, -0.15) is 0 Å². The van der Waals surface area contributed by atoms with E-state index in [1.807, 2.05) is 27.0 Å². The molecule has 0 saturated heterocycles. The Kier molecular flexibility index (Phi) is 5.86. The zero-order valence-electron chi connectivity index (χ0n) is 11.2. The minimum absolute atomic E-state index is 0.505. The van der Waals surface area contributed by atoms with E-state index in [1.165, 1.54) is 5.56 Å². The molecule has 0 aliphatic heterocycles. The Hall–Kier alpha value is -0.670. The Morgan fingerprint density at radius 3 is 2.71 bits per heavy atom. The summed E-state index contributed by atoms with van der Waals surface area (Å²) >= 11 is 0. The second-order valence-corrected chi connectivity index (χ2v) is 6.19. The van der Waals surface area contributed by atoms with Gasteiger partial charge in [-0.1, -0.05) is 12.1 Å². The fraction of sp³-hybridized carbons (Fsp3) is 0.571. The van der Waals surface area contributed by atoms with Crippen LogP contribution in [0.3, 0.4) is 0 Å². The lowest BCUT2D eigenvalue weighted by atomic mass is 10.2. The third kappa shape index (κ3) is 4.60. The molecule has 0 aromatic heterocycles. The van der Waals surface area contributed by atoms with Gasteiger partial charge >= 0.3 is 0 Å². The fourth-order valence-corrected chi connectivity index (χ4v) is 3.12. The van der Waals surface area contributed by atoms with Crippen molar-refractivity contribution in [1.82, 2.24) is 5.32 Å². The fourth-order valence-electron chi connectivity index (χ4n) is 1.73. The molecule has 1 N–H and O–H groups in total. The lowest BCUT2D eigenvalue weighted by Gasteiger charge is -2.10. The number of benzene rings is 1. The Bertz CT molecular complexity index is 390. The number of hydrogen-bond donors (Lipinski definition) is 1. The van der Waals surface area contributed by atoms with Crippen LogP contribution in [0.2, 0.25) is 0 Å². The van der Waals surface area contributed by atoms with Crippen LogP contribution in [0.5, 0.6) is 0 Å². The van der Waals surface area contributed by atoms with Crippen molar-refractivity contribution in [3.63, 3.8) is 0 Å². The summed E-state index contributed by atoms with van der Waals surface area (Å²) in [5.41, 5.74) is 2.32. The van der Waals surface area contributed by atoms with Crippen LogP contribution in [0.4, 0.5) is 0 Å². The van der Waals surface area contributed by atoms with Gasteiger partial charge in [0.05, 0.1) is 10.8 Å². The molecule has 2 nitrogen and oxygen atoms in total. The van der Waals surface area contributed by atoms with Gasteiger partial charge in [-0.15, -0.1) is 0 Å². The third-order valence-electron chi connectivity index (χ3n) is 3.05. The molecule has 0 saturated carbocycles. The molecule has 0 bridgehead atoms. The summed E-state index contributed by atoms with van der Waals surface area (Å²) in [5.74, 6) is 0.760. The molecule has 1 rings (SSSR count). The van der Waals surface area contributed by atoms with Gasteiger partial charge in [-0.05, 0) is 57.9 Å². The SMILES string of the molecule is CNC(C)CCCS(=O)c1cc(C)ccc1C. The van der Waals surface area contributed by atoms with Gasteiger partial charge in [0.15, 0.2) is 0 Å². The Labute approximate surface area is 107 Å². The average molecular weight is 253 g/mol. The van der Waals surface area contributed by atoms with Gasteiger partial charge in [0.25, 0.3) is 0 Å². The van der Waals surface area contributed by atoms with Crippen molar-refractivity contribution in [2.24, 2.45) is 0 Å². The van der Waals surface area contributed by atoms with Crippen molar-refractivity contribution in [2.45, 2.75) is 44.6 Å². The van der Waals surface area contributed by atoms with Crippen molar-refractivity contribution in [1.29, 1.82) is 0 Å². The van der Waals surface area contributed by atoms with E-state index in [1.54, 1.807) is 0 Å². The maximum absolute atomic E-state index is 12.2. The van der Waals surface area contributed by atoms with E-state index in [0.29, 0.717) is 6.04 Å². The standard InChI is InChI=1S/C14H23NOS/c1-11-7-8-12(2)14(10-11)17(16)9-5-6-13(3)15-4/h7-8,10,13,15H,5-6,9H2,1-4H3. The maximum Gasteiger partial charge on any atom is 0.0532 e. The molecule has 3 heteroatoms. The highest BCUT2D eigenvalue weighted by Gasteiger charge is 2.08. The second-order valence-electron chi connectivity index (χ2n) is 4.65. The minimum Gasteiger partial charge on any atom is -0.317 e. The van der Waals surface area contributed by atoms with Crippen molar-refractivity contribution in [3.8, 4) is 0 Å². The lowest BCUT2D eigenvalue weighted by molar-refractivity contribution is 0.557. The monoisotopic (exact) mass is 253 g/mol. The van der Waals surface area contributed by atoms with E-state index in [0.717, 1.165) is 29.1 Å². The van der Waals surface area contributed by atoms with E-state index in [9.17, 15) is 4.21 Å². The predicted molar refractivity (Wildman–Crippen MR) is 74.9 cm³/mol. The van der Waals surface area contributed by atoms with Crippen LogP contribution in [-0.2, 0) is 10.8 Å². The maximum atomic E-state index is 12.2. The molecule has 2 atom stereocenters. The summed E-state index contributed by atoms with van der Waals surface area (Å²) in [6.45, 7) is 6.23. The molecule has 0 aliphatic carbocycles. The number of rotatable bonds is 6. The van der Waals surface area contributed by atoms with E-state index in [4.69, 9.17) is 0 Å². The quantitative estimate of drug-likeness (QED) is 0.844. The zero-order valence-corrected chi connectivity index (χ0v) is 12.1. The molecule has 17 heavy (non-hydrogen) atoms. The topological polar surface area (TPSA) is 29.1 Å². The van der Waals surface area contributed by atoms with Crippen LogP contribution < -0.4 is 5.32 Å². The van der Waals surface area contributed by atoms with Crippen molar-refractivity contribution in [3.05, 3.63) is 29.3 Å². The van der Waals surface area contributed by atoms with Crippen LogP contribution in [0.1, 0.15) is 30.9 Å². The van der Waals surface area contributed by atoms with Gasteiger partial charge in [0.1, 0.15) is 0 Å². The number of hydrogen-bond acceptors (Lipinski definition) is 2. The molecule has 0 fully saturated rings. The van der Waals surface area contributed by atoms with Crippen LogP contribution in [0, 0.1) is 13.8 Å². The smallest absolute Gasteiger partial charge is 0.0532 e. The summed E-state index contributed by atoms with van der Waals surface area (Å²) in [7, 11) is 1.11. The second kappa shape index (κ2) is 6.92. The van der Waals surface area contributed by atoms with E-state index >= 15 is 0 Å². The highest BCUT2D eigenvalue weighted by molar-refractivity contribution is 7.85. The highest BCUT2D eigenvalue weighted by atomic mass is 32.2. The Morgan fingerprint density at radius 1 is 1.35 bits per heavy atom. The summed E-state index contributed by atoms with van der Waals surface area (Å²) in [4.78, 5) is 1.00. The molecule has 1 aromatic carbocycles. The van der Waals surface area contributed by atoms with Crippen molar-refractivity contribution >= 4 is 10.8 Å². The summed E-state index contributed by atoms with van der Waals surface area (Å²) in [6.07, 6.45) is 2.08. The first-order chi connectivity index (χ1) is 8.04. The molecular formula is C14H23NOS. The molecule has 0 heterocycles. The van der Waals surface area contributed by atoms with E-state index in [2.05, 4.69) is 24.4 Å². The third-order valence-corrected chi connectivity index (χ3v) is 4.64. The molecule has 0 spiro atoms. The molecule has 96 valence electrons. The predicted octanol–water partition coefficient (Wildman–Crippen LogP) is 2.80. The summed E-state index contributed by atoms with van der Waals surface area (Å²) in [5, 5.41) is 3.20. The Balaban J connectivity index is 2.55. The van der Waals surface area contributed by atoms with Gasteiger partial charge in [-0.3, -0.25) is 4.21 Å². The first-order valence-electron chi connectivity index (χ1n) is 6.17. The highest BCUT2D eigenvalue weighted by Crippen LogP contribution is 2.16. The molecule has 0 aliphatic rings. The Morgan fingerprint density at radius 2 is 2.06 bits per heavy atom. The first-order valence-corrected chi connectivity index (χ1v) is 7.49. The lowest BCUT2D eigenvalue weighted by Crippen LogP contribution is -2.21. The van der Waals surface area contributed by atoms with E-state index in [-0.39, 0.29) is 0 Å². The van der Waals surface area contributed by atoms with Crippen molar-refractivity contribution < 1.29 is 4.21 Å². The number of nitrogens with one attached hydrogen (secondary N) is 1. The molecule has 0 amide bonds. The van der Waals surface area contributed by atoms with Crippen LogP contribution in [0.15, 0.2) is 23.1 Å². The summed E-state index contributed by atoms with van der Waals surface area (Å²) in [6, 6.07) is 6.68. The molecule has 2 unspecified atom stereocenters. The zero-order chi connectivity index (χ0) is 12.8. The van der Waals surface area contributed by atoms with Gasteiger partial charge in [0.2, 0.25) is 0 Å². The van der Waals surface area contributed by atoms with E-state index < -0.39 is 10.8 Å². The minimum atomic E-state index is -0.851. The molecule has 0 radical (unpaired) electrons. The van der Waals surface area contributed by atoms with Gasteiger partial charge < -0.3 is 5.32 Å². The van der Waals surface area contributed by atoms with Crippen LogP contribution in [-0.4, -0.2) is 23.1 Å². The van der Waals surface area contributed by atoms with Crippen molar-refractivity contribution in [2.75, 3.05) is 12.8 Å². The van der Waals surface area contributed by atoms with Gasteiger partial charge in [0, 0.05) is 16.7 Å². The average Bonchev–Trinajstić information content (AvgIpc) is 2.31. The number of aryl methyl sites for hydroxylation is 2. The van der Waals surface area contributed by atoms with Crippen LogP contribution >= 0.6 is 0 Å². The summed E-state index contributed by atoms with van der Waals surface area (Å²) < 4.78 is 12.2. The largest absolute Gasteiger partial charge is 0.317 e. The molecular weight excluding hydrogens is 230 g/mol. The van der Waals surface area contributed by atoms with Crippen LogP contribution in [0.25, 0.3) is 0 Å². The normalized spacial score (nSPS) is 14.6. The van der Waals surface area contributed by atoms with Gasteiger partial charge in [-0.25, -0.2) is 0 Å². The first kappa shape index (κ1) is 14.4.